The summed E-state index contributed by atoms with van der Waals surface area (Å²) in [6.45, 7) is 5.68. The average molecular weight is 265 g/mol. The van der Waals surface area contributed by atoms with Crippen molar-refractivity contribution in [1.29, 1.82) is 0 Å². The molecule has 0 saturated carbocycles. The van der Waals surface area contributed by atoms with Gasteiger partial charge in [-0.15, -0.1) is 0 Å². The molecule has 0 fully saturated rings. The van der Waals surface area contributed by atoms with Crippen LogP contribution in [0.1, 0.15) is 55.6 Å². The molecule has 0 saturated heterocycles. The van der Waals surface area contributed by atoms with Gasteiger partial charge in [-0.05, 0) is 19.3 Å². The van der Waals surface area contributed by atoms with Crippen LogP contribution < -0.4 is 5.32 Å². The van der Waals surface area contributed by atoms with Gasteiger partial charge in [-0.3, -0.25) is 9.59 Å². The Bertz CT molecular complexity index is 460. The van der Waals surface area contributed by atoms with Crippen LogP contribution >= 0.6 is 0 Å². The highest BCUT2D eigenvalue weighted by Gasteiger charge is 2.17. The number of carboxylic acids is 1. The number of hydrogen-bond donors (Lipinski definition) is 2. The van der Waals surface area contributed by atoms with Crippen molar-refractivity contribution in [1.82, 2.24) is 15.3 Å². The van der Waals surface area contributed by atoms with E-state index in [0.29, 0.717) is 17.7 Å². The smallest absolute Gasteiger partial charge is 0.303 e. The summed E-state index contributed by atoms with van der Waals surface area (Å²) in [4.78, 5) is 30.5. The molecule has 1 aromatic heterocycles. The van der Waals surface area contributed by atoms with Crippen LogP contribution in [-0.4, -0.2) is 33.0 Å². The third kappa shape index (κ3) is 4.65. The van der Waals surface area contributed by atoms with Gasteiger partial charge in [-0.1, -0.05) is 13.8 Å². The SMILES string of the molecule is CC(CCC(=O)O)NC(=O)c1cncnc1C(C)C. The molecule has 0 radical (unpaired) electrons. The summed E-state index contributed by atoms with van der Waals surface area (Å²) in [6, 6.07) is -0.205. The largest absolute Gasteiger partial charge is 0.481 e. The molecule has 6 nitrogen and oxygen atoms in total. The van der Waals surface area contributed by atoms with E-state index in [1.54, 1.807) is 6.92 Å². The van der Waals surface area contributed by atoms with Crippen molar-refractivity contribution in [2.45, 2.75) is 45.6 Å². The lowest BCUT2D eigenvalue weighted by Gasteiger charge is -2.15. The lowest BCUT2D eigenvalue weighted by Crippen LogP contribution is -2.34. The number of rotatable bonds is 6. The Morgan fingerprint density at radius 1 is 1.37 bits per heavy atom. The zero-order chi connectivity index (χ0) is 14.4. The van der Waals surface area contributed by atoms with E-state index in [2.05, 4.69) is 15.3 Å². The third-order valence-corrected chi connectivity index (χ3v) is 2.70. The molecule has 1 rings (SSSR count). The van der Waals surface area contributed by atoms with Gasteiger partial charge in [0.2, 0.25) is 0 Å². The molecule has 19 heavy (non-hydrogen) atoms. The van der Waals surface area contributed by atoms with Gasteiger partial charge in [0.25, 0.3) is 5.91 Å². The van der Waals surface area contributed by atoms with E-state index in [1.807, 2.05) is 13.8 Å². The molecule has 1 unspecified atom stereocenters. The van der Waals surface area contributed by atoms with Gasteiger partial charge in [0.1, 0.15) is 6.33 Å². The maximum atomic E-state index is 12.1. The fraction of sp³-hybridized carbons (Fsp3) is 0.538. The van der Waals surface area contributed by atoms with Gasteiger partial charge in [-0.25, -0.2) is 9.97 Å². The molecule has 1 heterocycles. The van der Waals surface area contributed by atoms with Crippen LogP contribution in [0.25, 0.3) is 0 Å². The van der Waals surface area contributed by atoms with Crippen LogP contribution in [0.4, 0.5) is 0 Å². The first kappa shape index (κ1) is 15.1. The summed E-state index contributed by atoms with van der Waals surface area (Å²) in [5.74, 6) is -1.01. The molecule has 0 aromatic carbocycles. The first-order valence-electron chi connectivity index (χ1n) is 6.24. The topological polar surface area (TPSA) is 92.2 Å². The van der Waals surface area contributed by atoms with Crippen molar-refractivity contribution in [3.05, 3.63) is 23.8 Å². The second-order valence-electron chi connectivity index (χ2n) is 4.78. The minimum atomic E-state index is -0.869. The molecule has 0 aliphatic heterocycles. The molecule has 1 atom stereocenters. The van der Waals surface area contributed by atoms with Gasteiger partial charge in [0.15, 0.2) is 0 Å². The number of nitrogens with one attached hydrogen (secondary N) is 1. The highest BCUT2D eigenvalue weighted by Crippen LogP contribution is 2.15. The fourth-order valence-electron chi connectivity index (χ4n) is 1.69. The van der Waals surface area contributed by atoms with E-state index in [1.165, 1.54) is 12.5 Å². The second-order valence-corrected chi connectivity index (χ2v) is 4.78. The highest BCUT2D eigenvalue weighted by atomic mass is 16.4. The number of carbonyl (C=O) groups is 2. The Balaban J connectivity index is 2.70. The number of aromatic nitrogens is 2. The fourth-order valence-corrected chi connectivity index (χ4v) is 1.69. The summed E-state index contributed by atoms with van der Waals surface area (Å²) >= 11 is 0. The van der Waals surface area contributed by atoms with Crippen molar-refractivity contribution in [3.63, 3.8) is 0 Å². The van der Waals surface area contributed by atoms with Crippen molar-refractivity contribution >= 4 is 11.9 Å². The minimum Gasteiger partial charge on any atom is -0.481 e. The Morgan fingerprint density at radius 3 is 2.63 bits per heavy atom. The number of hydrogen-bond acceptors (Lipinski definition) is 4. The average Bonchev–Trinajstić information content (AvgIpc) is 2.36. The maximum Gasteiger partial charge on any atom is 0.303 e. The molecule has 2 N–H and O–H groups in total. The van der Waals surface area contributed by atoms with Crippen LogP contribution in [0.15, 0.2) is 12.5 Å². The number of aliphatic carboxylic acids is 1. The quantitative estimate of drug-likeness (QED) is 0.814. The van der Waals surface area contributed by atoms with Gasteiger partial charge in [-0.2, -0.15) is 0 Å². The summed E-state index contributed by atoms with van der Waals surface area (Å²) in [5, 5.41) is 11.4. The van der Waals surface area contributed by atoms with E-state index >= 15 is 0 Å². The Hall–Kier alpha value is -1.98. The molecule has 0 bridgehead atoms. The molecule has 1 amide bonds. The summed E-state index contributed by atoms with van der Waals surface area (Å²) in [6.07, 6.45) is 3.33. The van der Waals surface area contributed by atoms with E-state index in [4.69, 9.17) is 5.11 Å². The zero-order valence-corrected chi connectivity index (χ0v) is 11.4. The molecular weight excluding hydrogens is 246 g/mol. The number of carbonyl (C=O) groups excluding carboxylic acids is 1. The van der Waals surface area contributed by atoms with Crippen LogP contribution in [0.2, 0.25) is 0 Å². The summed E-state index contributed by atoms with van der Waals surface area (Å²) in [5.41, 5.74) is 1.14. The van der Waals surface area contributed by atoms with Crippen LogP contribution in [0.5, 0.6) is 0 Å². The highest BCUT2D eigenvalue weighted by molar-refractivity contribution is 5.95. The maximum absolute atomic E-state index is 12.1. The molecule has 0 spiro atoms. The van der Waals surface area contributed by atoms with Crippen molar-refractivity contribution < 1.29 is 14.7 Å². The molecule has 0 aliphatic carbocycles. The number of carboxylic acid groups (broad SMARTS) is 1. The summed E-state index contributed by atoms with van der Waals surface area (Å²) in [7, 11) is 0. The standard InChI is InChI=1S/C13H19N3O3/c1-8(2)12-10(6-14-7-15-12)13(19)16-9(3)4-5-11(17)18/h6-9H,4-5H2,1-3H3,(H,16,19)(H,17,18). The Kier molecular flexibility index (Phi) is 5.41. The van der Waals surface area contributed by atoms with Crippen LogP contribution in [0, 0.1) is 0 Å². The number of nitrogens with zero attached hydrogens (tertiary/aromatic N) is 2. The van der Waals surface area contributed by atoms with Crippen LogP contribution in [0.3, 0.4) is 0 Å². The van der Waals surface area contributed by atoms with Crippen molar-refractivity contribution in [2.75, 3.05) is 0 Å². The van der Waals surface area contributed by atoms with E-state index in [9.17, 15) is 9.59 Å². The molecule has 0 aliphatic rings. The zero-order valence-electron chi connectivity index (χ0n) is 11.4. The molecule has 104 valence electrons. The first-order valence-corrected chi connectivity index (χ1v) is 6.24. The lowest BCUT2D eigenvalue weighted by atomic mass is 10.0. The first-order chi connectivity index (χ1) is 8.91. The second kappa shape index (κ2) is 6.82. The van der Waals surface area contributed by atoms with Crippen LogP contribution in [-0.2, 0) is 4.79 Å². The predicted octanol–water partition coefficient (Wildman–Crippen LogP) is 1.58. The normalized spacial score (nSPS) is 12.2. The third-order valence-electron chi connectivity index (χ3n) is 2.70. The predicted molar refractivity (Wildman–Crippen MR) is 69.9 cm³/mol. The lowest BCUT2D eigenvalue weighted by molar-refractivity contribution is -0.137. The monoisotopic (exact) mass is 265 g/mol. The van der Waals surface area contributed by atoms with Crippen molar-refractivity contribution in [2.24, 2.45) is 0 Å². The van der Waals surface area contributed by atoms with Gasteiger partial charge in [0, 0.05) is 18.7 Å². The van der Waals surface area contributed by atoms with Gasteiger partial charge >= 0.3 is 5.97 Å². The van der Waals surface area contributed by atoms with Gasteiger partial charge in [0.05, 0.1) is 11.3 Å². The summed E-state index contributed by atoms with van der Waals surface area (Å²) < 4.78 is 0. The number of amides is 1. The minimum absolute atomic E-state index is 0.0315. The Labute approximate surface area is 112 Å². The molecule has 6 heteroatoms. The van der Waals surface area contributed by atoms with Gasteiger partial charge < -0.3 is 10.4 Å². The molecular formula is C13H19N3O3. The van der Waals surface area contributed by atoms with E-state index < -0.39 is 5.97 Å². The van der Waals surface area contributed by atoms with E-state index in [-0.39, 0.29) is 24.3 Å². The van der Waals surface area contributed by atoms with Crippen molar-refractivity contribution in [3.8, 4) is 0 Å². The molecule has 1 aromatic rings. The van der Waals surface area contributed by atoms with E-state index in [0.717, 1.165) is 0 Å². The Morgan fingerprint density at radius 2 is 2.05 bits per heavy atom.